The molecule has 2 aliphatic rings. The van der Waals surface area contributed by atoms with Crippen molar-refractivity contribution in [3.63, 3.8) is 0 Å². The number of hydrogen-bond donors (Lipinski definition) is 1. The topological polar surface area (TPSA) is 49.4 Å². The second-order valence-corrected chi connectivity index (χ2v) is 10.3. The summed E-state index contributed by atoms with van der Waals surface area (Å²) in [6.45, 7) is 2.75. The average Bonchev–Trinajstić information content (AvgIpc) is 2.79. The molecule has 2 atom stereocenters. The van der Waals surface area contributed by atoms with E-state index >= 15 is 0 Å². The van der Waals surface area contributed by atoms with Gasteiger partial charge < -0.3 is 10.2 Å². The van der Waals surface area contributed by atoms with Gasteiger partial charge in [-0.3, -0.25) is 9.59 Å². The van der Waals surface area contributed by atoms with E-state index in [0.29, 0.717) is 21.7 Å². The summed E-state index contributed by atoms with van der Waals surface area (Å²) in [5, 5.41) is 4.03. The van der Waals surface area contributed by atoms with Gasteiger partial charge in [0.15, 0.2) is 0 Å². The van der Waals surface area contributed by atoms with Crippen molar-refractivity contribution in [2.75, 3.05) is 13.1 Å². The minimum absolute atomic E-state index is 0.0400. The van der Waals surface area contributed by atoms with Crippen LogP contribution in [0.15, 0.2) is 53.4 Å². The number of carbonyl (C=O) groups excluding carboxylic acids is 2. The van der Waals surface area contributed by atoms with Gasteiger partial charge in [-0.05, 0) is 55.5 Å². The van der Waals surface area contributed by atoms with Crippen LogP contribution >= 0.6 is 23.4 Å². The zero-order valence-electron chi connectivity index (χ0n) is 18.4. The van der Waals surface area contributed by atoms with E-state index in [-0.39, 0.29) is 24.4 Å². The fourth-order valence-corrected chi connectivity index (χ4v) is 5.98. The molecule has 0 radical (unpaired) electrons. The number of thioether (sulfide) groups is 1. The number of hydrogen-bond acceptors (Lipinski definition) is 3. The smallest absolute Gasteiger partial charge is 0.261 e. The van der Waals surface area contributed by atoms with Crippen molar-refractivity contribution >= 4 is 41.3 Å². The minimum atomic E-state index is -0.0903. The van der Waals surface area contributed by atoms with Crippen LogP contribution < -0.4 is 5.32 Å². The summed E-state index contributed by atoms with van der Waals surface area (Å²) in [6, 6.07) is 16.0. The molecule has 2 unspecified atom stereocenters. The van der Waals surface area contributed by atoms with Crippen LogP contribution in [0, 0.1) is 6.92 Å². The number of carbonyl (C=O) groups is 2. The number of halogens is 1. The van der Waals surface area contributed by atoms with Gasteiger partial charge in [-0.2, -0.15) is 0 Å². The SMILES string of the molecule is Cc1ccc(CCNC(=O)CN2C(=O)/C(=C\c3ccc(Cl)cc3)SC3CCCCC32)cc1. The number of aryl methyl sites for hydroxylation is 1. The molecule has 0 spiro atoms. The Labute approximate surface area is 199 Å². The van der Waals surface area contributed by atoms with Crippen molar-refractivity contribution in [2.45, 2.75) is 50.3 Å². The molecule has 2 aromatic rings. The van der Waals surface area contributed by atoms with Crippen LogP contribution in [0.5, 0.6) is 0 Å². The monoisotopic (exact) mass is 468 g/mol. The van der Waals surface area contributed by atoms with Crippen LogP contribution in [0.25, 0.3) is 6.08 Å². The first-order valence-corrected chi connectivity index (χ1v) is 12.5. The van der Waals surface area contributed by atoms with Crippen LogP contribution in [0.1, 0.15) is 42.4 Å². The Balaban J connectivity index is 1.42. The zero-order chi connectivity index (χ0) is 22.5. The predicted molar refractivity (Wildman–Crippen MR) is 133 cm³/mol. The third kappa shape index (κ3) is 5.76. The number of nitrogens with zero attached hydrogens (tertiary/aromatic N) is 1. The van der Waals surface area contributed by atoms with Gasteiger partial charge in [0.1, 0.15) is 6.54 Å². The molecule has 4 rings (SSSR count). The molecule has 1 saturated carbocycles. The Morgan fingerprint density at radius 3 is 2.59 bits per heavy atom. The quantitative estimate of drug-likeness (QED) is 0.590. The lowest BCUT2D eigenvalue weighted by Gasteiger charge is -2.43. The van der Waals surface area contributed by atoms with Crippen molar-refractivity contribution in [1.29, 1.82) is 0 Å². The lowest BCUT2D eigenvalue weighted by atomic mass is 9.93. The maximum Gasteiger partial charge on any atom is 0.261 e. The Morgan fingerprint density at radius 1 is 1.12 bits per heavy atom. The highest BCUT2D eigenvalue weighted by atomic mass is 35.5. The molecule has 6 heteroatoms. The molecular formula is C26H29ClN2O2S. The van der Waals surface area contributed by atoms with Gasteiger partial charge in [0.25, 0.3) is 5.91 Å². The molecule has 1 heterocycles. The first-order chi connectivity index (χ1) is 15.5. The summed E-state index contributed by atoms with van der Waals surface area (Å²) in [5.41, 5.74) is 3.37. The molecule has 2 amide bonds. The fraction of sp³-hybridized carbons (Fsp3) is 0.385. The highest BCUT2D eigenvalue weighted by Gasteiger charge is 2.41. The first-order valence-electron chi connectivity index (χ1n) is 11.3. The maximum absolute atomic E-state index is 13.3. The number of benzene rings is 2. The summed E-state index contributed by atoms with van der Waals surface area (Å²) in [4.78, 5) is 28.6. The molecule has 1 saturated heterocycles. The van der Waals surface area contributed by atoms with E-state index in [2.05, 4.69) is 36.5 Å². The van der Waals surface area contributed by atoms with E-state index in [1.807, 2.05) is 35.2 Å². The van der Waals surface area contributed by atoms with Crippen LogP contribution in [-0.4, -0.2) is 41.1 Å². The molecule has 0 bridgehead atoms. The summed E-state index contributed by atoms with van der Waals surface area (Å²) >= 11 is 7.67. The van der Waals surface area contributed by atoms with Crippen molar-refractivity contribution < 1.29 is 9.59 Å². The Kier molecular flexibility index (Phi) is 7.59. The van der Waals surface area contributed by atoms with Gasteiger partial charge >= 0.3 is 0 Å². The molecule has 2 fully saturated rings. The van der Waals surface area contributed by atoms with E-state index in [9.17, 15) is 9.59 Å². The summed E-state index contributed by atoms with van der Waals surface area (Å²) < 4.78 is 0. The van der Waals surface area contributed by atoms with E-state index in [1.54, 1.807) is 11.8 Å². The van der Waals surface area contributed by atoms with Crippen molar-refractivity contribution in [1.82, 2.24) is 10.2 Å². The normalized spacial score (nSPS) is 22.0. The molecule has 1 aliphatic carbocycles. The van der Waals surface area contributed by atoms with E-state index < -0.39 is 0 Å². The standard InChI is InChI=1S/C26H29ClN2O2S/c1-18-6-8-19(9-7-18)14-15-28-25(30)17-29-22-4-2-3-5-23(22)32-24(26(29)31)16-20-10-12-21(27)13-11-20/h6-13,16,22-23H,2-5,14-15,17H2,1H3,(H,28,30)/b24-16+. The van der Waals surface area contributed by atoms with Gasteiger partial charge in [-0.25, -0.2) is 0 Å². The third-order valence-electron chi connectivity index (χ3n) is 6.16. The molecule has 2 aromatic carbocycles. The van der Waals surface area contributed by atoms with Gasteiger partial charge in [-0.1, -0.05) is 66.4 Å². The minimum Gasteiger partial charge on any atom is -0.354 e. The average molecular weight is 469 g/mol. The first kappa shape index (κ1) is 22.9. The number of rotatable bonds is 6. The maximum atomic E-state index is 13.3. The Hall–Kier alpha value is -2.24. The van der Waals surface area contributed by atoms with Gasteiger partial charge in [0, 0.05) is 22.9 Å². The third-order valence-corrected chi connectivity index (χ3v) is 7.81. The van der Waals surface area contributed by atoms with E-state index in [1.165, 1.54) is 17.5 Å². The van der Waals surface area contributed by atoms with E-state index in [0.717, 1.165) is 31.2 Å². The van der Waals surface area contributed by atoms with Gasteiger partial charge in [0.2, 0.25) is 5.91 Å². The summed E-state index contributed by atoms with van der Waals surface area (Å²) in [5.74, 6) is -0.130. The highest BCUT2D eigenvalue weighted by Crippen LogP contribution is 2.42. The molecule has 1 aliphatic heterocycles. The van der Waals surface area contributed by atoms with Gasteiger partial charge in [-0.15, -0.1) is 11.8 Å². The molecule has 4 nitrogen and oxygen atoms in total. The molecule has 1 N–H and O–H groups in total. The lowest BCUT2D eigenvalue weighted by molar-refractivity contribution is -0.135. The number of nitrogens with one attached hydrogen (secondary N) is 1. The van der Waals surface area contributed by atoms with Crippen molar-refractivity contribution in [2.24, 2.45) is 0 Å². The molecular weight excluding hydrogens is 440 g/mol. The summed E-state index contributed by atoms with van der Waals surface area (Å²) in [7, 11) is 0. The Bertz CT molecular complexity index is 988. The van der Waals surface area contributed by atoms with Crippen LogP contribution in [0.4, 0.5) is 0 Å². The van der Waals surface area contributed by atoms with Crippen LogP contribution in [0.3, 0.4) is 0 Å². The second kappa shape index (κ2) is 10.6. The molecule has 168 valence electrons. The predicted octanol–water partition coefficient (Wildman–Crippen LogP) is 5.23. The highest BCUT2D eigenvalue weighted by molar-refractivity contribution is 8.04. The van der Waals surface area contributed by atoms with Crippen LogP contribution in [-0.2, 0) is 16.0 Å². The van der Waals surface area contributed by atoms with E-state index in [4.69, 9.17) is 11.6 Å². The second-order valence-electron chi connectivity index (χ2n) is 8.59. The lowest BCUT2D eigenvalue weighted by Crippen LogP contribution is -2.54. The molecule has 0 aromatic heterocycles. The summed E-state index contributed by atoms with van der Waals surface area (Å²) in [6.07, 6.45) is 7.03. The number of amides is 2. The van der Waals surface area contributed by atoms with Crippen LogP contribution in [0.2, 0.25) is 5.02 Å². The van der Waals surface area contributed by atoms with Crippen molar-refractivity contribution in [3.05, 3.63) is 75.1 Å². The van der Waals surface area contributed by atoms with Crippen molar-refractivity contribution in [3.8, 4) is 0 Å². The van der Waals surface area contributed by atoms with Gasteiger partial charge in [0.05, 0.1) is 4.91 Å². The molecule has 32 heavy (non-hydrogen) atoms. The number of fused-ring (bicyclic) bond motifs is 1. The fourth-order valence-electron chi connectivity index (χ4n) is 4.38. The zero-order valence-corrected chi connectivity index (χ0v) is 19.9. The largest absolute Gasteiger partial charge is 0.354 e. The Morgan fingerprint density at radius 2 is 1.84 bits per heavy atom.